The van der Waals surface area contributed by atoms with E-state index in [0.717, 1.165) is 19.4 Å². The molecular formula is C9H15N3O2. The van der Waals surface area contributed by atoms with Crippen LogP contribution in [0, 0.1) is 0 Å². The second kappa shape index (κ2) is 3.96. The quantitative estimate of drug-likeness (QED) is 0.529. The number of amides is 2. The summed E-state index contributed by atoms with van der Waals surface area (Å²) in [6, 6.07) is 0.0247. The number of rotatable bonds is 3. The summed E-state index contributed by atoms with van der Waals surface area (Å²) in [6.07, 6.45) is 2.41. The molecule has 1 saturated heterocycles. The van der Waals surface area contributed by atoms with E-state index >= 15 is 0 Å². The third-order valence-corrected chi connectivity index (χ3v) is 2.46. The van der Waals surface area contributed by atoms with Gasteiger partial charge in [0.25, 0.3) is 0 Å². The minimum atomic E-state index is -0.345. The van der Waals surface area contributed by atoms with Gasteiger partial charge in [0.15, 0.2) is 0 Å². The number of carbonyl (C=O) groups is 2. The van der Waals surface area contributed by atoms with Gasteiger partial charge in [0, 0.05) is 19.1 Å². The van der Waals surface area contributed by atoms with Gasteiger partial charge in [-0.05, 0) is 12.8 Å². The zero-order valence-corrected chi connectivity index (χ0v) is 8.01. The van der Waals surface area contributed by atoms with Crippen LogP contribution in [0.3, 0.4) is 0 Å². The lowest BCUT2D eigenvalue weighted by Crippen LogP contribution is -2.54. The smallest absolute Gasteiger partial charge is 0.237 e. The molecule has 1 unspecified atom stereocenters. The Labute approximate surface area is 82.6 Å². The Bertz CT molecular complexity index is 250. The summed E-state index contributed by atoms with van der Waals surface area (Å²) >= 11 is 0. The van der Waals surface area contributed by atoms with Crippen LogP contribution >= 0.6 is 0 Å². The van der Waals surface area contributed by atoms with Crippen LogP contribution in [-0.2, 0) is 9.59 Å². The van der Waals surface area contributed by atoms with Gasteiger partial charge in [0.1, 0.15) is 0 Å². The molecule has 5 nitrogen and oxygen atoms in total. The lowest BCUT2D eigenvalue weighted by atomic mass is 10.1. The van der Waals surface area contributed by atoms with Gasteiger partial charge < -0.3 is 16.0 Å². The van der Waals surface area contributed by atoms with E-state index in [1.54, 1.807) is 0 Å². The summed E-state index contributed by atoms with van der Waals surface area (Å²) in [4.78, 5) is 22.7. The molecule has 0 aromatic carbocycles. The van der Waals surface area contributed by atoms with E-state index in [1.807, 2.05) is 0 Å². The van der Waals surface area contributed by atoms with Crippen molar-refractivity contribution in [3.05, 3.63) is 0 Å². The van der Waals surface area contributed by atoms with Crippen LogP contribution in [-0.4, -0.2) is 37.0 Å². The maximum atomic E-state index is 11.4. The maximum Gasteiger partial charge on any atom is 0.237 e. The van der Waals surface area contributed by atoms with Crippen molar-refractivity contribution in [3.63, 3.8) is 0 Å². The van der Waals surface area contributed by atoms with Gasteiger partial charge in [-0.1, -0.05) is 0 Å². The molecule has 0 bridgehead atoms. The molecule has 1 aliphatic carbocycles. The Morgan fingerprint density at radius 2 is 2.21 bits per heavy atom. The van der Waals surface area contributed by atoms with Gasteiger partial charge in [-0.3, -0.25) is 9.59 Å². The molecular weight excluding hydrogens is 182 g/mol. The Kier molecular flexibility index (Phi) is 2.67. The number of hydrogen-bond donors (Lipinski definition) is 3. The summed E-state index contributed by atoms with van der Waals surface area (Å²) in [5, 5.41) is 8.61. The first-order valence-electron chi connectivity index (χ1n) is 5.06. The van der Waals surface area contributed by atoms with E-state index in [9.17, 15) is 9.59 Å². The molecule has 0 aromatic rings. The number of nitrogens with one attached hydrogen (secondary N) is 3. The van der Waals surface area contributed by atoms with Crippen molar-refractivity contribution < 1.29 is 9.59 Å². The molecule has 1 atom stereocenters. The Morgan fingerprint density at radius 3 is 2.86 bits per heavy atom. The molecule has 1 heterocycles. The first-order valence-corrected chi connectivity index (χ1v) is 5.06. The van der Waals surface area contributed by atoms with E-state index in [1.165, 1.54) is 0 Å². The summed E-state index contributed by atoms with van der Waals surface area (Å²) < 4.78 is 0. The SMILES string of the molecule is O=C(CC1NCCNC1=O)NC1CC1. The van der Waals surface area contributed by atoms with Gasteiger partial charge >= 0.3 is 0 Å². The standard InChI is InChI=1S/C9H15N3O2/c13-8(12-6-1-2-6)5-7-9(14)11-4-3-10-7/h6-7,10H,1-5H2,(H,11,14)(H,12,13). The summed E-state index contributed by atoms with van der Waals surface area (Å²) in [6.45, 7) is 1.40. The van der Waals surface area contributed by atoms with Gasteiger partial charge in [-0.2, -0.15) is 0 Å². The maximum absolute atomic E-state index is 11.4. The van der Waals surface area contributed by atoms with Crippen LogP contribution in [0.25, 0.3) is 0 Å². The normalized spacial score (nSPS) is 26.9. The molecule has 2 fully saturated rings. The summed E-state index contributed by atoms with van der Waals surface area (Å²) in [5.74, 6) is -0.0933. The monoisotopic (exact) mass is 197 g/mol. The van der Waals surface area contributed by atoms with Crippen molar-refractivity contribution in [1.29, 1.82) is 0 Å². The number of piperazine rings is 1. The van der Waals surface area contributed by atoms with E-state index in [0.29, 0.717) is 12.6 Å². The van der Waals surface area contributed by atoms with Crippen LogP contribution in [0.2, 0.25) is 0 Å². The molecule has 5 heteroatoms. The number of carbonyl (C=O) groups excluding carboxylic acids is 2. The predicted molar refractivity (Wildman–Crippen MR) is 50.6 cm³/mol. The molecule has 1 aliphatic heterocycles. The van der Waals surface area contributed by atoms with E-state index in [4.69, 9.17) is 0 Å². The lowest BCUT2D eigenvalue weighted by molar-refractivity contribution is -0.129. The Hall–Kier alpha value is -1.10. The summed E-state index contributed by atoms with van der Waals surface area (Å²) in [5.41, 5.74) is 0. The van der Waals surface area contributed by atoms with Crippen LogP contribution < -0.4 is 16.0 Å². The second-order valence-electron chi connectivity index (χ2n) is 3.84. The molecule has 0 aromatic heterocycles. The average Bonchev–Trinajstić information content (AvgIpc) is 2.93. The van der Waals surface area contributed by atoms with Crippen LogP contribution in [0.5, 0.6) is 0 Å². The second-order valence-corrected chi connectivity index (χ2v) is 3.84. The van der Waals surface area contributed by atoms with Crippen molar-refractivity contribution in [2.24, 2.45) is 0 Å². The van der Waals surface area contributed by atoms with E-state index in [2.05, 4.69) is 16.0 Å². The lowest BCUT2D eigenvalue weighted by Gasteiger charge is -2.22. The highest BCUT2D eigenvalue weighted by Crippen LogP contribution is 2.18. The van der Waals surface area contributed by atoms with Gasteiger partial charge in [0.05, 0.1) is 12.5 Å². The van der Waals surface area contributed by atoms with Gasteiger partial charge in [-0.15, -0.1) is 0 Å². The fourth-order valence-electron chi connectivity index (χ4n) is 1.51. The molecule has 0 spiro atoms. The molecule has 0 radical (unpaired) electrons. The van der Waals surface area contributed by atoms with Crippen molar-refractivity contribution in [3.8, 4) is 0 Å². The molecule has 2 amide bonds. The molecule has 3 N–H and O–H groups in total. The van der Waals surface area contributed by atoms with Crippen LogP contribution in [0.4, 0.5) is 0 Å². The minimum Gasteiger partial charge on any atom is -0.353 e. The minimum absolute atomic E-state index is 0.0259. The highest BCUT2D eigenvalue weighted by molar-refractivity contribution is 5.88. The Balaban J connectivity index is 1.76. The van der Waals surface area contributed by atoms with E-state index in [-0.39, 0.29) is 24.3 Å². The summed E-state index contributed by atoms with van der Waals surface area (Å²) in [7, 11) is 0. The highest BCUT2D eigenvalue weighted by atomic mass is 16.2. The van der Waals surface area contributed by atoms with Crippen LogP contribution in [0.1, 0.15) is 19.3 Å². The highest BCUT2D eigenvalue weighted by Gasteiger charge is 2.27. The Morgan fingerprint density at radius 1 is 1.43 bits per heavy atom. The predicted octanol–water partition coefficient (Wildman–Crippen LogP) is -1.26. The molecule has 1 saturated carbocycles. The van der Waals surface area contributed by atoms with Crippen molar-refractivity contribution in [2.45, 2.75) is 31.3 Å². The molecule has 2 rings (SSSR count). The molecule has 78 valence electrons. The van der Waals surface area contributed by atoms with Crippen molar-refractivity contribution >= 4 is 11.8 Å². The van der Waals surface area contributed by atoms with E-state index < -0.39 is 0 Å². The molecule has 14 heavy (non-hydrogen) atoms. The first kappa shape index (κ1) is 9.45. The van der Waals surface area contributed by atoms with Crippen LogP contribution in [0.15, 0.2) is 0 Å². The third-order valence-electron chi connectivity index (χ3n) is 2.46. The molecule has 2 aliphatic rings. The zero-order chi connectivity index (χ0) is 9.97. The third kappa shape index (κ3) is 2.45. The van der Waals surface area contributed by atoms with Gasteiger partial charge in [0.2, 0.25) is 11.8 Å². The fourth-order valence-corrected chi connectivity index (χ4v) is 1.51. The average molecular weight is 197 g/mol. The fraction of sp³-hybridized carbons (Fsp3) is 0.778. The van der Waals surface area contributed by atoms with Crippen molar-refractivity contribution in [2.75, 3.05) is 13.1 Å². The topological polar surface area (TPSA) is 70.2 Å². The first-order chi connectivity index (χ1) is 6.75. The largest absolute Gasteiger partial charge is 0.353 e. The van der Waals surface area contributed by atoms with Crippen molar-refractivity contribution in [1.82, 2.24) is 16.0 Å². The zero-order valence-electron chi connectivity index (χ0n) is 8.01. The number of hydrogen-bond acceptors (Lipinski definition) is 3. The van der Waals surface area contributed by atoms with Gasteiger partial charge in [-0.25, -0.2) is 0 Å².